The molecular formula is C11H23FN2O. The number of hydrogen-bond donors (Lipinski definition) is 0. The van der Waals surface area contributed by atoms with Gasteiger partial charge in [-0.1, -0.05) is 12.8 Å². The van der Waals surface area contributed by atoms with E-state index in [1.165, 1.54) is 45.6 Å². The summed E-state index contributed by atoms with van der Waals surface area (Å²) < 4.78 is 11.3. The van der Waals surface area contributed by atoms with Gasteiger partial charge in [-0.2, -0.15) is 4.94 Å². The molecule has 1 fully saturated rings. The average molecular weight is 218 g/mol. The predicted molar refractivity (Wildman–Crippen MR) is 59.5 cm³/mol. The highest BCUT2D eigenvalue weighted by Gasteiger charge is 2.12. The Kier molecular flexibility index (Phi) is 6.88. The molecule has 1 aliphatic rings. The maximum absolute atomic E-state index is 11.3. The lowest BCUT2D eigenvalue weighted by Gasteiger charge is -2.32. The quantitative estimate of drug-likeness (QED) is 0.605. The van der Waals surface area contributed by atoms with Gasteiger partial charge < -0.3 is 9.80 Å². The fraction of sp³-hybridized carbons (Fsp3) is 1.00. The first-order valence-corrected chi connectivity index (χ1v) is 5.97. The maximum Gasteiger partial charge on any atom is 0.0876 e. The molecule has 0 amide bonds. The molecule has 90 valence electrons. The van der Waals surface area contributed by atoms with E-state index < -0.39 is 0 Å². The summed E-state index contributed by atoms with van der Waals surface area (Å²) in [4.78, 5) is 8.42. The fourth-order valence-electron chi connectivity index (χ4n) is 1.92. The molecule has 0 radical (unpaired) electrons. The Morgan fingerprint density at radius 2 is 1.67 bits per heavy atom. The molecule has 0 aromatic heterocycles. The van der Waals surface area contributed by atoms with Gasteiger partial charge in [-0.15, -0.1) is 0 Å². The molecule has 0 aromatic rings. The van der Waals surface area contributed by atoms with Crippen molar-refractivity contribution in [3.05, 3.63) is 0 Å². The smallest absolute Gasteiger partial charge is 0.0876 e. The summed E-state index contributed by atoms with van der Waals surface area (Å²) in [5, 5.41) is 0. The highest BCUT2D eigenvalue weighted by atomic mass is 19.3. The molecule has 0 N–H and O–H groups in total. The largest absolute Gasteiger partial charge is 0.304 e. The molecule has 1 heterocycles. The van der Waals surface area contributed by atoms with Crippen molar-refractivity contribution < 1.29 is 9.47 Å². The highest BCUT2D eigenvalue weighted by molar-refractivity contribution is 4.68. The number of piperazine rings is 1. The summed E-state index contributed by atoms with van der Waals surface area (Å²) in [6, 6.07) is 0. The topological polar surface area (TPSA) is 15.7 Å². The van der Waals surface area contributed by atoms with Gasteiger partial charge in [0.2, 0.25) is 0 Å². The number of likely N-dealkylation sites (N-methyl/N-ethyl adjacent to an activating group) is 1. The van der Waals surface area contributed by atoms with Crippen molar-refractivity contribution in [3.63, 3.8) is 0 Å². The van der Waals surface area contributed by atoms with Gasteiger partial charge in [-0.3, -0.25) is 0 Å². The molecule has 3 nitrogen and oxygen atoms in total. The lowest BCUT2D eigenvalue weighted by molar-refractivity contribution is -0.133. The molecule has 0 unspecified atom stereocenters. The summed E-state index contributed by atoms with van der Waals surface area (Å²) >= 11 is 0. The Morgan fingerprint density at radius 1 is 1.00 bits per heavy atom. The minimum Gasteiger partial charge on any atom is -0.304 e. The van der Waals surface area contributed by atoms with Crippen molar-refractivity contribution >= 4 is 0 Å². The lowest BCUT2D eigenvalue weighted by atomic mass is 10.2. The van der Waals surface area contributed by atoms with Crippen LogP contribution in [0.2, 0.25) is 0 Å². The molecule has 1 rings (SSSR count). The number of hydrogen-bond acceptors (Lipinski definition) is 3. The SMILES string of the molecule is CN1CCN(CCCCCCOF)CC1. The third-order valence-corrected chi connectivity index (χ3v) is 3.04. The normalized spacial score (nSPS) is 19.6. The second-order valence-electron chi connectivity index (χ2n) is 4.37. The number of rotatable bonds is 7. The van der Waals surface area contributed by atoms with Gasteiger partial charge in [0.1, 0.15) is 0 Å². The van der Waals surface area contributed by atoms with Crippen LogP contribution in [-0.2, 0) is 4.94 Å². The van der Waals surface area contributed by atoms with E-state index >= 15 is 0 Å². The monoisotopic (exact) mass is 218 g/mol. The zero-order valence-corrected chi connectivity index (χ0v) is 9.75. The minimum absolute atomic E-state index is 0.258. The van der Waals surface area contributed by atoms with Crippen LogP contribution in [0, 0.1) is 0 Å². The van der Waals surface area contributed by atoms with E-state index in [-0.39, 0.29) is 6.61 Å². The summed E-state index contributed by atoms with van der Waals surface area (Å²) in [7, 11) is 2.17. The van der Waals surface area contributed by atoms with Crippen molar-refractivity contribution in [1.82, 2.24) is 9.80 Å². The molecule has 0 atom stereocenters. The molecule has 15 heavy (non-hydrogen) atoms. The Hall–Kier alpha value is -0.190. The van der Waals surface area contributed by atoms with Gasteiger partial charge in [-0.05, 0) is 31.0 Å². The van der Waals surface area contributed by atoms with E-state index in [0.29, 0.717) is 0 Å². The van der Waals surface area contributed by atoms with Crippen LogP contribution in [0.4, 0.5) is 4.53 Å². The van der Waals surface area contributed by atoms with Crippen LogP contribution in [0.1, 0.15) is 25.7 Å². The van der Waals surface area contributed by atoms with Crippen molar-refractivity contribution in [2.75, 3.05) is 46.4 Å². The number of unbranched alkanes of at least 4 members (excludes halogenated alkanes) is 3. The summed E-state index contributed by atoms with van der Waals surface area (Å²) in [6.45, 7) is 6.23. The van der Waals surface area contributed by atoms with Crippen LogP contribution >= 0.6 is 0 Å². The first kappa shape index (κ1) is 12.9. The van der Waals surface area contributed by atoms with Gasteiger partial charge in [0.15, 0.2) is 0 Å². The minimum atomic E-state index is 0.258. The van der Waals surface area contributed by atoms with E-state index in [1.807, 2.05) is 0 Å². The second kappa shape index (κ2) is 8.02. The van der Waals surface area contributed by atoms with Crippen LogP contribution in [0.15, 0.2) is 0 Å². The number of nitrogens with zero attached hydrogens (tertiary/aromatic N) is 2. The van der Waals surface area contributed by atoms with Crippen molar-refractivity contribution in [1.29, 1.82) is 0 Å². The van der Waals surface area contributed by atoms with Gasteiger partial charge in [0.05, 0.1) is 6.61 Å². The Balaban J connectivity index is 1.87. The van der Waals surface area contributed by atoms with Crippen molar-refractivity contribution in [2.24, 2.45) is 0 Å². The van der Waals surface area contributed by atoms with E-state index in [0.717, 1.165) is 12.8 Å². The van der Waals surface area contributed by atoms with Crippen LogP contribution in [0.25, 0.3) is 0 Å². The predicted octanol–water partition coefficient (Wildman–Crippen LogP) is 1.70. The van der Waals surface area contributed by atoms with Crippen LogP contribution in [0.3, 0.4) is 0 Å². The van der Waals surface area contributed by atoms with Gasteiger partial charge in [0, 0.05) is 26.2 Å². The summed E-state index contributed by atoms with van der Waals surface area (Å²) in [5.41, 5.74) is 0. The highest BCUT2D eigenvalue weighted by Crippen LogP contribution is 2.04. The zero-order chi connectivity index (χ0) is 10.9. The molecule has 4 heteroatoms. The molecule has 0 spiro atoms. The first-order valence-electron chi connectivity index (χ1n) is 5.97. The molecule has 1 aliphatic heterocycles. The van der Waals surface area contributed by atoms with Gasteiger partial charge in [0.25, 0.3) is 0 Å². The standard InChI is InChI=1S/C11H23FN2O/c1-13-7-9-14(10-8-13)6-4-2-3-5-11-15-12/h2-11H2,1H3. The Bertz CT molecular complexity index is 150. The first-order chi connectivity index (χ1) is 7.33. The third kappa shape index (κ3) is 6.07. The molecule has 0 saturated carbocycles. The van der Waals surface area contributed by atoms with Crippen molar-refractivity contribution in [3.8, 4) is 0 Å². The Labute approximate surface area is 92.1 Å². The van der Waals surface area contributed by atoms with E-state index in [4.69, 9.17) is 0 Å². The van der Waals surface area contributed by atoms with Crippen LogP contribution in [0.5, 0.6) is 0 Å². The zero-order valence-electron chi connectivity index (χ0n) is 9.75. The number of halogens is 1. The Morgan fingerprint density at radius 3 is 2.33 bits per heavy atom. The average Bonchev–Trinajstić information content (AvgIpc) is 2.26. The fourth-order valence-corrected chi connectivity index (χ4v) is 1.92. The molecule has 0 aromatic carbocycles. The van der Waals surface area contributed by atoms with E-state index in [2.05, 4.69) is 21.8 Å². The van der Waals surface area contributed by atoms with Crippen LogP contribution < -0.4 is 0 Å². The summed E-state index contributed by atoms with van der Waals surface area (Å²) in [5.74, 6) is 0. The van der Waals surface area contributed by atoms with E-state index in [9.17, 15) is 4.53 Å². The maximum atomic E-state index is 11.3. The van der Waals surface area contributed by atoms with Gasteiger partial charge in [-0.25, -0.2) is 0 Å². The lowest BCUT2D eigenvalue weighted by Crippen LogP contribution is -2.44. The molecular weight excluding hydrogens is 195 g/mol. The molecule has 1 saturated heterocycles. The van der Waals surface area contributed by atoms with Crippen molar-refractivity contribution in [2.45, 2.75) is 25.7 Å². The van der Waals surface area contributed by atoms with Crippen LogP contribution in [-0.4, -0.2) is 56.2 Å². The van der Waals surface area contributed by atoms with Gasteiger partial charge >= 0.3 is 0 Å². The summed E-state index contributed by atoms with van der Waals surface area (Å²) in [6.07, 6.45) is 4.35. The molecule has 0 bridgehead atoms. The van der Waals surface area contributed by atoms with E-state index in [1.54, 1.807) is 0 Å². The molecule has 0 aliphatic carbocycles. The second-order valence-corrected chi connectivity index (χ2v) is 4.37. The third-order valence-electron chi connectivity index (χ3n) is 3.04.